The first-order valence-corrected chi connectivity index (χ1v) is 7.47. The predicted octanol–water partition coefficient (Wildman–Crippen LogP) is 3.64. The molecule has 2 rings (SSSR count). The molecule has 0 bridgehead atoms. The summed E-state index contributed by atoms with van der Waals surface area (Å²) in [5.41, 5.74) is 0.935. The Morgan fingerprint density at radius 3 is 2.65 bits per heavy atom. The third-order valence-corrected chi connectivity index (χ3v) is 3.90. The van der Waals surface area contributed by atoms with Crippen molar-refractivity contribution < 1.29 is 13.5 Å². The molecule has 0 radical (unpaired) electrons. The summed E-state index contributed by atoms with van der Waals surface area (Å²) in [5, 5.41) is 0. The van der Waals surface area contributed by atoms with Crippen LogP contribution in [-0.2, 0) is 13.0 Å². The number of methoxy groups -OCH3 is 1. The fourth-order valence-corrected chi connectivity index (χ4v) is 3.22. The maximum Gasteiger partial charge on any atom is 0.271 e. The number of ether oxygens (including phenoxy) is 1. The van der Waals surface area contributed by atoms with Crippen molar-refractivity contribution in [3.8, 4) is 5.75 Å². The summed E-state index contributed by atoms with van der Waals surface area (Å²) in [6.45, 7) is 5.33. The zero-order valence-electron chi connectivity index (χ0n) is 12.2. The van der Waals surface area contributed by atoms with E-state index in [1.54, 1.807) is 16.3 Å². The third-order valence-electron chi connectivity index (χ3n) is 3.72. The quantitative estimate of drug-likeness (QED) is 0.787. The lowest BCUT2D eigenvalue weighted by atomic mass is 9.88. The lowest BCUT2D eigenvalue weighted by Gasteiger charge is -2.32. The van der Waals surface area contributed by atoms with Gasteiger partial charge < -0.3 is 4.74 Å². The van der Waals surface area contributed by atoms with Crippen LogP contribution in [0.15, 0.2) is 12.1 Å². The zero-order valence-corrected chi connectivity index (χ0v) is 13.4. The molecule has 0 N–H and O–H groups in total. The van der Waals surface area contributed by atoms with Gasteiger partial charge >= 0.3 is 0 Å². The average molecular weight is 301 g/mol. The smallest absolute Gasteiger partial charge is 0.271 e. The summed E-state index contributed by atoms with van der Waals surface area (Å²) in [6, 6.07) is 3.96. The Bertz CT molecular complexity index is 485. The van der Waals surface area contributed by atoms with Gasteiger partial charge in [-0.15, -0.1) is 0 Å². The number of alkyl halides is 2. The molecule has 0 aromatic heterocycles. The van der Waals surface area contributed by atoms with Crippen LogP contribution in [0.1, 0.15) is 36.5 Å². The molecule has 1 atom stereocenters. The number of fused-ring (bicyclic) bond motifs is 1. The van der Waals surface area contributed by atoms with Gasteiger partial charge in [0.2, 0.25) is 0 Å². The van der Waals surface area contributed by atoms with Crippen LogP contribution in [0.25, 0.3) is 0 Å². The van der Waals surface area contributed by atoms with Crippen molar-refractivity contribution in [1.29, 1.82) is 0 Å². The number of rotatable bonds is 4. The van der Waals surface area contributed by atoms with Crippen molar-refractivity contribution >= 4 is 9.24 Å². The summed E-state index contributed by atoms with van der Waals surface area (Å²) in [6.07, 6.45) is 0.806. The molecular formula is C15H22F2NOP. The van der Waals surface area contributed by atoms with Crippen molar-refractivity contribution in [2.75, 3.05) is 20.2 Å². The fraction of sp³-hybridized carbons (Fsp3) is 0.600. The Morgan fingerprint density at radius 1 is 1.40 bits per heavy atom. The molecule has 0 aliphatic carbocycles. The van der Waals surface area contributed by atoms with Crippen molar-refractivity contribution in [1.82, 2.24) is 4.90 Å². The van der Waals surface area contributed by atoms with E-state index in [4.69, 9.17) is 4.74 Å². The van der Waals surface area contributed by atoms with E-state index in [9.17, 15) is 8.78 Å². The minimum absolute atomic E-state index is 0.208. The molecule has 1 aromatic carbocycles. The Balaban J connectivity index is 2.28. The fourth-order valence-electron chi connectivity index (χ4n) is 2.97. The van der Waals surface area contributed by atoms with E-state index in [2.05, 4.69) is 13.8 Å². The van der Waals surface area contributed by atoms with Gasteiger partial charge in [0, 0.05) is 18.7 Å². The predicted molar refractivity (Wildman–Crippen MR) is 80.7 cm³/mol. The van der Waals surface area contributed by atoms with Crippen molar-refractivity contribution in [3.05, 3.63) is 28.8 Å². The maximum absolute atomic E-state index is 13.1. The molecular weight excluding hydrogens is 279 g/mol. The first-order valence-electron chi connectivity index (χ1n) is 6.89. The number of halogens is 2. The van der Waals surface area contributed by atoms with Crippen LogP contribution in [0.2, 0.25) is 0 Å². The van der Waals surface area contributed by atoms with Crippen LogP contribution in [0, 0.1) is 0 Å². The molecule has 0 amide bonds. The van der Waals surface area contributed by atoms with E-state index in [1.165, 1.54) is 11.1 Å². The van der Waals surface area contributed by atoms with E-state index in [1.807, 2.05) is 17.0 Å². The Hall–Kier alpha value is -0.730. The van der Waals surface area contributed by atoms with Gasteiger partial charge in [0.25, 0.3) is 5.66 Å². The van der Waals surface area contributed by atoms with E-state index < -0.39 is 5.66 Å². The molecule has 1 aromatic rings. The highest BCUT2D eigenvalue weighted by atomic mass is 31.0. The second-order valence-corrected chi connectivity index (χ2v) is 6.54. The highest BCUT2D eigenvalue weighted by Gasteiger charge is 2.29. The van der Waals surface area contributed by atoms with Gasteiger partial charge in [-0.25, -0.2) is 8.78 Å². The Kier molecular flexibility index (Phi) is 4.66. The molecule has 1 aliphatic heterocycles. The first kappa shape index (κ1) is 15.7. The number of benzene rings is 1. The molecule has 0 spiro atoms. The van der Waals surface area contributed by atoms with Crippen LogP contribution < -0.4 is 4.74 Å². The molecule has 2 nitrogen and oxygen atoms in total. The van der Waals surface area contributed by atoms with Crippen molar-refractivity contribution in [3.63, 3.8) is 0 Å². The maximum atomic E-state index is 13.1. The van der Waals surface area contributed by atoms with Crippen LogP contribution in [0.5, 0.6) is 5.75 Å². The summed E-state index contributed by atoms with van der Waals surface area (Å²) in [4.78, 5) is 1.81. The molecule has 0 saturated carbocycles. The summed E-state index contributed by atoms with van der Waals surface area (Å²) >= 11 is 0. The van der Waals surface area contributed by atoms with Gasteiger partial charge in [-0.3, -0.25) is 4.90 Å². The van der Waals surface area contributed by atoms with E-state index in [0.717, 1.165) is 17.7 Å². The Morgan fingerprint density at radius 2 is 2.10 bits per heavy atom. The third kappa shape index (κ3) is 3.48. The lowest BCUT2D eigenvalue weighted by molar-refractivity contribution is 0.0486. The first-order chi connectivity index (χ1) is 9.31. The van der Waals surface area contributed by atoms with Crippen LogP contribution in [0.3, 0.4) is 0 Å². The minimum atomic E-state index is -2.72. The molecule has 0 saturated heterocycles. The monoisotopic (exact) mass is 301 g/mol. The highest BCUT2D eigenvalue weighted by Crippen LogP contribution is 2.35. The highest BCUT2D eigenvalue weighted by molar-refractivity contribution is 7.18. The van der Waals surface area contributed by atoms with E-state index in [0.29, 0.717) is 19.0 Å². The molecule has 1 heterocycles. The van der Waals surface area contributed by atoms with Crippen molar-refractivity contribution in [2.45, 2.75) is 38.4 Å². The van der Waals surface area contributed by atoms with Crippen LogP contribution in [0.4, 0.5) is 8.78 Å². The minimum Gasteiger partial charge on any atom is -0.496 e. The summed E-state index contributed by atoms with van der Waals surface area (Å²) in [5.74, 6) is 1.28. The second-order valence-electron chi connectivity index (χ2n) is 5.70. The Labute approximate surface area is 121 Å². The molecule has 1 unspecified atom stereocenters. The van der Waals surface area contributed by atoms with Gasteiger partial charge in [0.15, 0.2) is 0 Å². The molecule has 20 heavy (non-hydrogen) atoms. The van der Waals surface area contributed by atoms with Gasteiger partial charge in [-0.1, -0.05) is 29.2 Å². The second kappa shape index (κ2) is 5.95. The topological polar surface area (TPSA) is 12.5 Å². The van der Waals surface area contributed by atoms with Crippen molar-refractivity contribution in [2.24, 2.45) is 0 Å². The standard InChI is InChI=1S/C15H22F2NOP/c1-10(2)14-12-6-7-18(9-15(16,17)20)8-11(12)4-5-13(14)19-3/h4-5,10H,6-9,20H2,1-3H3. The van der Waals surface area contributed by atoms with Gasteiger partial charge in [-0.2, -0.15) is 0 Å². The van der Waals surface area contributed by atoms with Gasteiger partial charge in [-0.05, 0) is 29.5 Å². The normalized spacial score (nSPS) is 16.4. The largest absolute Gasteiger partial charge is 0.496 e. The van der Waals surface area contributed by atoms with E-state index >= 15 is 0 Å². The van der Waals surface area contributed by atoms with Gasteiger partial charge in [0.05, 0.1) is 13.7 Å². The molecule has 1 aliphatic rings. The summed E-state index contributed by atoms with van der Waals surface area (Å²) in [7, 11) is 3.30. The molecule has 112 valence electrons. The SMILES string of the molecule is COc1ccc2c(c1C(C)C)CCN(CC(F)(F)P)C2. The van der Waals surface area contributed by atoms with Gasteiger partial charge in [0.1, 0.15) is 5.75 Å². The average Bonchev–Trinajstić information content (AvgIpc) is 2.34. The number of hydrogen-bond acceptors (Lipinski definition) is 2. The summed E-state index contributed by atoms with van der Waals surface area (Å²) < 4.78 is 31.7. The number of hydrogen-bond donors (Lipinski definition) is 0. The number of nitrogens with zero attached hydrogens (tertiary/aromatic N) is 1. The molecule has 0 fully saturated rings. The lowest BCUT2D eigenvalue weighted by Crippen LogP contribution is -2.37. The molecule has 5 heteroatoms. The van der Waals surface area contributed by atoms with Crippen LogP contribution >= 0.6 is 9.24 Å². The van der Waals surface area contributed by atoms with E-state index in [-0.39, 0.29) is 6.54 Å². The zero-order chi connectivity index (χ0) is 14.9. The van der Waals surface area contributed by atoms with Crippen LogP contribution in [-0.4, -0.2) is 30.8 Å².